The van der Waals surface area contributed by atoms with Crippen LogP contribution < -0.4 is 26.9 Å². The van der Waals surface area contributed by atoms with Crippen LogP contribution in [0, 0.1) is 0 Å². The van der Waals surface area contributed by atoms with E-state index in [-0.39, 0.29) is 37.2 Å². The zero-order valence-corrected chi connectivity index (χ0v) is 25.5. The summed E-state index contributed by atoms with van der Waals surface area (Å²) in [4.78, 5) is 92.6. The molecule has 0 unspecified atom stereocenters. The van der Waals surface area contributed by atoms with Crippen LogP contribution in [0.3, 0.4) is 0 Å². The molecule has 3 aliphatic heterocycles. The van der Waals surface area contributed by atoms with E-state index in [9.17, 15) is 48.7 Å². The van der Waals surface area contributed by atoms with Crippen LogP contribution in [0.1, 0.15) is 64.4 Å². The van der Waals surface area contributed by atoms with Crippen LogP contribution >= 0.6 is 0 Å². The molecule has 19 heteroatoms. The summed E-state index contributed by atoms with van der Waals surface area (Å²) in [6, 6.07) is 4.45. The van der Waals surface area contributed by atoms with Crippen molar-refractivity contribution in [2.75, 3.05) is 0 Å². The van der Waals surface area contributed by atoms with Gasteiger partial charge in [0.05, 0.1) is 25.7 Å². The van der Waals surface area contributed by atoms with Crippen LogP contribution in [0.4, 0.5) is 0 Å². The van der Waals surface area contributed by atoms with Crippen LogP contribution in [-0.2, 0) is 51.3 Å². The molecule has 6 N–H and O–H groups in total. The second-order valence-corrected chi connectivity index (χ2v) is 11.4. The fourth-order valence-corrected chi connectivity index (χ4v) is 5.31. The number of carbonyl (C=O) groups is 7. The summed E-state index contributed by atoms with van der Waals surface area (Å²) >= 11 is 0. The van der Waals surface area contributed by atoms with Gasteiger partial charge < -0.3 is 45.3 Å². The number of benzene rings is 2. The number of rotatable bonds is 12. The van der Waals surface area contributed by atoms with Gasteiger partial charge in [-0.3, -0.25) is 24.0 Å². The first kappa shape index (κ1) is 34.2. The molecule has 250 valence electrons. The van der Waals surface area contributed by atoms with E-state index in [1.807, 2.05) is 0 Å². The normalized spacial score (nSPS) is 16.9. The Bertz CT molecular complexity index is 1670. The Balaban J connectivity index is 1.31. The average Bonchev–Trinajstić information content (AvgIpc) is 3.72. The third-order valence-electron chi connectivity index (χ3n) is 8.02. The lowest BCUT2D eigenvalue weighted by Crippen LogP contribution is -2.59. The van der Waals surface area contributed by atoms with Gasteiger partial charge in [-0.25, -0.2) is 9.59 Å². The molecule has 0 aromatic heterocycles. The Hall–Kier alpha value is -5.10. The number of hydroxylamine groups is 2. The highest BCUT2D eigenvalue weighted by atomic mass is 16.7. The number of aliphatic carboxylic acids is 1. The molecular weight excluding hydrogens is 634 g/mol. The van der Waals surface area contributed by atoms with Gasteiger partial charge in [-0.1, -0.05) is 12.1 Å². The maximum absolute atomic E-state index is 13.6. The lowest BCUT2D eigenvalue weighted by molar-refractivity contribution is -0.197. The number of nitrogens with one attached hydrogen (secondary N) is 3. The minimum atomic E-state index is -1.69. The van der Waals surface area contributed by atoms with Gasteiger partial charge in [0.1, 0.15) is 12.1 Å². The number of imide groups is 1. The second kappa shape index (κ2) is 14.3. The molecule has 1 fully saturated rings. The lowest BCUT2D eigenvalue weighted by atomic mass is 9.78. The van der Waals surface area contributed by atoms with E-state index in [1.165, 1.54) is 31.2 Å². The van der Waals surface area contributed by atoms with Crippen molar-refractivity contribution >= 4 is 66.6 Å². The molecule has 0 radical (unpaired) electrons. The molecule has 0 bridgehead atoms. The molecule has 0 saturated carbocycles. The van der Waals surface area contributed by atoms with Crippen LogP contribution in [0.25, 0.3) is 0 Å². The number of fused-ring (bicyclic) bond motifs is 2. The van der Waals surface area contributed by atoms with Crippen LogP contribution in [-0.4, -0.2) is 94.1 Å². The molecule has 5 amide bonds. The van der Waals surface area contributed by atoms with E-state index in [2.05, 4.69) is 16.0 Å². The van der Waals surface area contributed by atoms with Gasteiger partial charge in [0, 0.05) is 24.0 Å². The number of carbonyl (C=O) groups excluding carboxylic acids is 6. The van der Waals surface area contributed by atoms with Gasteiger partial charge in [-0.2, -0.15) is 0 Å². The fraction of sp³-hybridized carbons (Fsp3) is 0.345. The molecule has 3 heterocycles. The fourth-order valence-electron chi connectivity index (χ4n) is 5.31. The van der Waals surface area contributed by atoms with Gasteiger partial charge in [0.25, 0.3) is 23.6 Å². The summed E-state index contributed by atoms with van der Waals surface area (Å²) in [7, 11) is -2.48. The maximum Gasteiger partial charge on any atom is 0.491 e. The van der Waals surface area contributed by atoms with Crippen molar-refractivity contribution < 1.29 is 62.9 Å². The van der Waals surface area contributed by atoms with E-state index in [0.717, 1.165) is 0 Å². The second-order valence-electron chi connectivity index (χ2n) is 11.4. The lowest BCUT2D eigenvalue weighted by Gasteiger charge is -2.27. The van der Waals surface area contributed by atoms with E-state index in [1.54, 1.807) is 12.1 Å². The number of amides is 5. The molecule has 1 saturated heterocycles. The zero-order chi connectivity index (χ0) is 34.7. The Kier molecular flexibility index (Phi) is 10.2. The molecule has 2 aromatic carbocycles. The molecule has 3 aliphatic rings. The first-order valence-corrected chi connectivity index (χ1v) is 14.9. The predicted octanol–water partition coefficient (Wildman–Crippen LogP) is -3.00. The summed E-state index contributed by atoms with van der Waals surface area (Å²) in [5, 5.41) is 37.5. The molecule has 17 nitrogen and oxygen atoms in total. The smallest absolute Gasteiger partial charge is 0.480 e. The minimum absolute atomic E-state index is 0.0331. The number of carboxylic acid groups (broad SMARTS) is 1. The van der Waals surface area contributed by atoms with Crippen molar-refractivity contribution in [3.63, 3.8) is 0 Å². The van der Waals surface area contributed by atoms with Gasteiger partial charge in [-0.15, -0.1) is 5.06 Å². The van der Waals surface area contributed by atoms with Crippen LogP contribution in [0.2, 0.25) is 0 Å². The SMILES string of the molecule is C[C@H](NC(=O)c1ccc2c(c1)B(O)OC2)[C@H](NC(=O)c1ccc2c(c1)B(O)OC2)C(=O)N[C@@H](CCC(=O)ON1C(=O)CCC1=O)C(=O)O. The van der Waals surface area contributed by atoms with Crippen molar-refractivity contribution in [2.45, 2.75) is 63.9 Å². The summed E-state index contributed by atoms with van der Waals surface area (Å²) in [6.45, 7) is 1.68. The van der Waals surface area contributed by atoms with Crippen molar-refractivity contribution in [2.24, 2.45) is 0 Å². The van der Waals surface area contributed by atoms with Crippen molar-refractivity contribution in [3.05, 3.63) is 58.7 Å². The van der Waals surface area contributed by atoms with E-state index in [4.69, 9.17) is 14.1 Å². The van der Waals surface area contributed by atoms with E-state index < -0.39 is 86.7 Å². The third-order valence-corrected chi connectivity index (χ3v) is 8.02. The topological polar surface area (TPSA) is 247 Å². The van der Waals surface area contributed by atoms with Gasteiger partial charge >= 0.3 is 26.2 Å². The maximum atomic E-state index is 13.6. The van der Waals surface area contributed by atoms with Crippen molar-refractivity contribution in [1.29, 1.82) is 0 Å². The quantitative estimate of drug-likeness (QED) is 0.0980. The highest BCUT2D eigenvalue weighted by molar-refractivity contribution is 6.62. The minimum Gasteiger partial charge on any atom is -0.480 e. The first-order valence-electron chi connectivity index (χ1n) is 14.9. The van der Waals surface area contributed by atoms with Gasteiger partial charge in [-0.05, 0) is 59.7 Å². The Morgan fingerprint density at radius 3 is 1.90 bits per heavy atom. The van der Waals surface area contributed by atoms with Gasteiger partial charge in [0.15, 0.2) is 0 Å². The predicted molar refractivity (Wildman–Crippen MR) is 162 cm³/mol. The Morgan fingerprint density at radius 1 is 0.854 bits per heavy atom. The van der Waals surface area contributed by atoms with Gasteiger partial charge in [0.2, 0.25) is 5.91 Å². The van der Waals surface area contributed by atoms with Crippen molar-refractivity contribution in [1.82, 2.24) is 21.0 Å². The number of hydrogen-bond donors (Lipinski definition) is 6. The van der Waals surface area contributed by atoms with Crippen molar-refractivity contribution in [3.8, 4) is 0 Å². The van der Waals surface area contributed by atoms with E-state index in [0.29, 0.717) is 27.1 Å². The highest BCUT2D eigenvalue weighted by Crippen LogP contribution is 2.15. The average molecular weight is 664 g/mol. The standard InChI is InChI=1S/C29H30B2N4O13/c1-14(32-26(39)15-2-4-17-12-46-30(44)19(17)10-15)25(34-27(40)16-3-5-18-13-47-31(45)20(18)11-16)28(41)33-21(29(42)43)6-9-24(38)48-35-22(36)7-8-23(35)37/h2-5,10-11,14,21,25,44-45H,6-9,12-13H2,1H3,(H,32,39)(H,33,41)(H,34,40)(H,42,43)/t14-,21-,25-/m0/s1. The Morgan fingerprint density at radius 2 is 1.38 bits per heavy atom. The first-order chi connectivity index (χ1) is 22.8. The number of carboxylic acids is 1. The highest BCUT2D eigenvalue weighted by Gasteiger charge is 2.36. The molecular formula is C29H30B2N4O13. The molecule has 0 spiro atoms. The molecule has 2 aromatic rings. The number of nitrogens with zero attached hydrogens (tertiary/aromatic N) is 1. The summed E-state index contributed by atoms with van der Waals surface area (Å²) < 4.78 is 10.3. The molecule has 0 aliphatic carbocycles. The van der Waals surface area contributed by atoms with Crippen LogP contribution in [0.15, 0.2) is 36.4 Å². The summed E-state index contributed by atoms with van der Waals surface area (Å²) in [5.74, 6) is -6.59. The third kappa shape index (κ3) is 7.54. The Labute approximate surface area is 273 Å². The summed E-state index contributed by atoms with van der Waals surface area (Å²) in [6.07, 6.45) is -1.39. The van der Waals surface area contributed by atoms with E-state index >= 15 is 0 Å². The monoisotopic (exact) mass is 664 g/mol. The molecule has 5 rings (SSSR count). The summed E-state index contributed by atoms with van der Waals surface area (Å²) in [5.41, 5.74) is 2.22. The number of hydrogen-bond acceptors (Lipinski definition) is 12. The zero-order valence-electron chi connectivity index (χ0n) is 25.5. The largest absolute Gasteiger partial charge is 0.491 e. The van der Waals surface area contributed by atoms with Crippen LogP contribution in [0.5, 0.6) is 0 Å². The molecule has 48 heavy (non-hydrogen) atoms. The molecule has 3 atom stereocenters.